The average molecular weight is 317 g/mol. The minimum absolute atomic E-state index is 0.105. The maximum atomic E-state index is 10.2. The third-order valence-corrected chi connectivity index (χ3v) is 6.54. The lowest BCUT2D eigenvalue weighted by atomic mass is 9.63. The summed E-state index contributed by atoms with van der Waals surface area (Å²) in [5.41, 5.74) is 1.38. The molecule has 112 valence electrons. The van der Waals surface area contributed by atoms with Crippen LogP contribution in [0, 0.1) is 17.3 Å². The van der Waals surface area contributed by atoms with Crippen LogP contribution in [0.4, 0.5) is 0 Å². The maximum Gasteiger partial charge on any atom is 0.129 e. The number of aliphatic hydroxyl groups is 2. The third kappa shape index (κ3) is 2.30. The van der Waals surface area contributed by atoms with Crippen LogP contribution >= 0.6 is 23.2 Å². The van der Waals surface area contributed by atoms with Crippen molar-refractivity contribution in [1.29, 1.82) is 0 Å². The van der Waals surface area contributed by atoms with Gasteiger partial charge in [-0.05, 0) is 61.9 Å². The lowest BCUT2D eigenvalue weighted by Gasteiger charge is -2.43. The predicted molar refractivity (Wildman–Crippen MR) is 82.0 cm³/mol. The number of fused-ring (bicyclic) bond motifs is 1. The van der Waals surface area contributed by atoms with E-state index >= 15 is 0 Å². The maximum absolute atomic E-state index is 10.2. The fourth-order valence-electron chi connectivity index (χ4n) is 4.37. The molecule has 0 aromatic carbocycles. The summed E-state index contributed by atoms with van der Waals surface area (Å²) >= 11 is 12.2. The van der Waals surface area contributed by atoms with Crippen LogP contribution in [0.3, 0.4) is 0 Å². The molecule has 0 radical (unpaired) electrons. The summed E-state index contributed by atoms with van der Waals surface area (Å²) in [4.78, 5) is 0. The highest BCUT2D eigenvalue weighted by atomic mass is 35.5. The van der Waals surface area contributed by atoms with E-state index in [-0.39, 0.29) is 22.7 Å². The Morgan fingerprint density at radius 2 is 2.05 bits per heavy atom. The quantitative estimate of drug-likeness (QED) is 0.699. The molecular weight excluding hydrogens is 295 g/mol. The topological polar surface area (TPSA) is 40.5 Å². The SMILES string of the molecule is C[C@]12CCC(C3=CC(Cl)=C(O)C(Cl)C3)CC1CCC2O. The molecule has 2 saturated carbocycles. The lowest BCUT2D eigenvalue weighted by molar-refractivity contribution is 0.00377. The molecule has 5 atom stereocenters. The second kappa shape index (κ2) is 5.23. The van der Waals surface area contributed by atoms with Gasteiger partial charge >= 0.3 is 0 Å². The summed E-state index contributed by atoms with van der Waals surface area (Å²) in [6, 6.07) is 0. The van der Waals surface area contributed by atoms with Crippen molar-refractivity contribution in [2.45, 2.75) is 56.9 Å². The number of allylic oxidation sites excluding steroid dienone is 4. The Kier molecular flexibility index (Phi) is 3.85. The first-order valence-corrected chi connectivity index (χ1v) is 8.34. The molecule has 3 aliphatic carbocycles. The van der Waals surface area contributed by atoms with Crippen molar-refractivity contribution in [3.63, 3.8) is 0 Å². The molecule has 3 rings (SSSR count). The van der Waals surface area contributed by atoms with Crippen molar-refractivity contribution >= 4 is 23.2 Å². The standard InChI is InChI=1S/C16H22Cl2O2/c1-16-5-4-9(6-11(16)2-3-14(16)19)10-7-12(17)15(20)13(18)8-10/h7,9,11,13-14,19-20H,2-6,8H2,1H3/t9?,11?,13?,14?,16-/m0/s1. The summed E-state index contributed by atoms with van der Waals surface area (Å²) in [5.74, 6) is 1.21. The van der Waals surface area contributed by atoms with Crippen molar-refractivity contribution in [2.24, 2.45) is 17.3 Å². The molecule has 4 unspecified atom stereocenters. The van der Waals surface area contributed by atoms with E-state index in [1.807, 2.05) is 6.08 Å². The molecule has 0 aromatic heterocycles. The summed E-state index contributed by atoms with van der Waals surface area (Å²) in [6.07, 6.45) is 7.81. The predicted octanol–water partition coefficient (Wildman–Crippen LogP) is 4.51. The van der Waals surface area contributed by atoms with E-state index in [2.05, 4.69) is 6.92 Å². The van der Waals surface area contributed by atoms with Crippen molar-refractivity contribution in [3.05, 3.63) is 22.4 Å². The highest BCUT2D eigenvalue weighted by Crippen LogP contribution is 2.55. The van der Waals surface area contributed by atoms with Crippen molar-refractivity contribution in [3.8, 4) is 0 Å². The molecule has 20 heavy (non-hydrogen) atoms. The van der Waals surface area contributed by atoms with Gasteiger partial charge in [-0.2, -0.15) is 0 Å². The molecule has 0 heterocycles. The fraction of sp³-hybridized carbons (Fsp3) is 0.750. The minimum atomic E-state index is -0.384. The molecule has 0 aromatic rings. The zero-order valence-corrected chi connectivity index (χ0v) is 13.3. The highest BCUT2D eigenvalue weighted by Gasteiger charge is 2.49. The molecule has 0 bridgehead atoms. The number of hydrogen-bond donors (Lipinski definition) is 2. The Hall–Kier alpha value is -0.180. The molecule has 0 amide bonds. The lowest BCUT2D eigenvalue weighted by Crippen LogP contribution is -2.38. The number of hydrogen-bond acceptors (Lipinski definition) is 2. The molecule has 4 heteroatoms. The molecule has 2 N–H and O–H groups in total. The van der Waals surface area contributed by atoms with E-state index in [0.29, 0.717) is 23.3 Å². The molecule has 2 nitrogen and oxygen atoms in total. The second-order valence-electron chi connectivity index (χ2n) is 6.89. The monoisotopic (exact) mass is 316 g/mol. The van der Waals surface area contributed by atoms with Crippen LogP contribution in [0.25, 0.3) is 0 Å². The first-order chi connectivity index (χ1) is 9.41. The van der Waals surface area contributed by atoms with Crippen LogP contribution in [0.2, 0.25) is 0 Å². The van der Waals surface area contributed by atoms with Crippen molar-refractivity contribution < 1.29 is 10.2 Å². The van der Waals surface area contributed by atoms with E-state index in [4.69, 9.17) is 23.2 Å². The Balaban J connectivity index is 1.77. The van der Waals surface area contributed by atoms with Gasteiger partial charge in [-0.3, -0.25) is 0 Å². The van der Waals surface area contributed by atoms with Gasteiger partial charge in [0.15, 0.2) is 0 Å². The first kappa shape index (κ1) is 14.7. The smallest absolute Gasteiger partial charge is 0.129 e. The van der Waals surface area contributed by atoms with Gasteiger partial charge in [-0.1, -0.05) is 24.1 Å². The fourth-order valence-corrected chi connectivity index (χ4v) is 4.99. The van der Waals surface area contributed by atoms with Gasteiger partial charge in [0, 0.05) is 0 Å². The van der Waals surface area contributed by atoms with Crippen LogP contribution < -0.4 is 0 Å². The van der Waals surface area contributed by atoms with Gasteiger partial charge in [0.05, 0.1) is 16.5 Å². The first-order valence-electron chi connectivity index (χ1n) is 7.53. The van der Waals surface area contributed by atoms with E-state index in [1.165, 1.54) is 5.57 Å². The molecule has 0 aliphatic heterocycles. The van der Waals surface area contributed by atoms with E-state index in [0.717, 1.165) is 32.1 Å². The summed E-state index contributed by atoms with van der Waals surface area (Å²) in [7, 11) is 0. The van der Waals surface area contributed by atoms with Crippen LogP contribution in [-0.4, -0.2) is 21.7 Å². The van der Waals surface area contributed by atoms with Crippen molar-refractivity contribution in [2.75, 3.05) is 0 Å². The van der Waals surface area contributed by atoms with Gasteiger partial charge in [0.2, 0.25) is 0 Å². The Morgan fingerprint density at radius 1 is 1.30 bits per heavy atom. The average Bonchev–Trinajstić information content (AvgIpc) is 2.71. The number of aliphatic hydroxyl groups excluding tert-OH is 2. The van der Waals surface area contributed by atoms with Gasteiger partial charge in [0.1, 0.15) is 5.76 Å². The van der Waals surface area contributed by atoms with Crippen LogP contribution in [-0.2, 0) is 0 Å². The normalized spacial score (nSPS) is 45.3. The largest absolute Gasteiger partial charge is 0.509 e. The van der Waals surface area contributed by atoms with Crippen LogP contribution in [0.5, 0.6) is 0 Å². The molecule has 3 aliphatic rings. The number of rotatable bonds is 1. The Morgan fingerprint density at radius 3 is 2.75 bits per heavy atom. The highest BCUT2D eigenvalue weighted by molar-refractivity contribution is 6.33. The van der Waals surface area contributed by atoms with Gasteiger partial charge in [-0.15, -0.1) is 11.6 Å². The number of halogens is 2. The minimum Gasteiger partial charge on any atom is -0.509 e. The van der Waals surface area contributed by atoms with Gasteiger partial charge in [0.25, 0.3) is 0 Å². The molecule has 2 fully saturated rings. The van der Waals surface area contributed by atoms with E-state index in [1.54, 1.807) is 0 Å². The third-order valence-electron chi connectivity index (χ3n) is 5.88. The zero-order chi connectivity index (χ0) is 14.5. The molecule has 0 spiro atoms. The Labute approximate surface area is 130 Å². The number of alkyl halides is 1. The van der Waals surface area contributed by atoms with E-state index < -0.39 is 0 Å². The second-order valence-corrected chi connectivity index (χ2v) is 7.83. The summed E-state index contributed by atoms with van der Waals surface area (Å²) in [5, 5.41) is 19.9. The van der Waals surface area contributed by atoms with Crippen molar-refractivity contribution in [1.82, 2.24) is 0 Å². The zero-order valence-electron chi connectivity index (χ0n) is 11.8. The van der Waals surface area contributed by atoms with E-state index in [9.17, 15) is 10.2 Å². The van der Waals surface area contributed by atoms with Gasteiger partial charge in [-0.25, -0.2) is 0 Å². The summed E-state index contributed by atoms with van der Waals surface area (Å²) in [6.45, 7) is 2.24. The molecular formula is C16H22Cl2O2. The summed E-state index contributed by atoms with van der Waals surface area (Å²) < 4.78 is 0. The Bertz CT molecular complexity index is 471. The molecule has 0 saturated heterocycles. The van der Waals surface area contributed by atoms with Crippen LogP contribution in [0.1, 0.15) is 45.4 Å². The van der Waals surface area contributed by atoms with Crippen LogP contribution in [0.15, 0.2) is 22.4 Å². The van der Waals surface area contributed by atoms with Gasteiger partial charge < -0.3 is 10.2 Å².